The topological polar surface area (TPSA) is 62.5 Å². The molecule has 1 N–H and O–H groups in total. The van der Waals surface area contributed by atoms with Gasteiger partial charge < -0.3 is 10.2 Å². The first kappa shape index (κ1) is 16.5. The molecule has 134 valence electrons. The molecule has 7 heteroatoms. The quantitative estimate of drug-likeness (QED) is 0.786. The van der Waals surface area contributed by atoms with Crippen LogP contribution < -0.4 is 5.32 Å². The molecule has 26 heavy (non-hydrogen) atoms. The highest BCUT2D eigenvalue weighted by atomic mass is 19.1. The van der Waals surface area contributed by atoms with E-state index >= 15 is 0 Å². The van der Waals surface area contributed by atoms with Crippen LogP contribution in [0.1, 0.15) is 28.9 Å². The van der Waals surface area contributed by atoms with Crippen LogP contribution in [0.4, 0.5) is 10.2 Å². The third kappa shape index (κ3) is 3.12. The fraction of sp³-hybridized carbons (Fsp3) is 0.316. The van der Waals surface area contributed by atoms with Gasteiger partial charge in [-0.1, -0.05) is 12.1 Å². The van der Waals surface area contributed by atoms with Crippen LogP contribution in [-0.4, -0.2) is 44.5 Å². The molecule has 2 aromatic heterocycles. The summed E-state index contributed by atoms with van der Waals surface area (Å²) in [6.45, 7) is 3.13. The van der Waals surface area contributed by atoms with Gasteiger partial charge in [0.15, 0.2) is 5.82 Å². The Bertz CT molecular complexity index is 946. The summed E-state index contributed by atoms with van der Waals surface area (Å²) in [5, 5.41) is 7.86. The van der Waals surface area contributed by atoms with Crippen molar-refractivity contribution in [3.05, 3.63) is 59.8 Å². The molecule has 0 unspecified atom stereocenters. The summed E-state index contributed by atoms with van der Waals surface area (Å²) in [5.41, 5.74) is 2.02. The van der Waals surface area contributed by atoms with E-state index in [2.05, 4.69) is 15.4 Å². The number of fused-ring (bicyclic) bond motifs is 1. The number of benzene rings is 1. The van der Waals surface area contributed by atoms with Crippen LogP contribution in [0.5, 0.6) is 0 Å². The van der Waals surface area contributed by atoms with Crippen molar-refractivity contribution in [1.82, 2.24) is 19.5 Å². The number of carbonyl (C=O) groups is 1. The normalized spacial score (nSPS) is 15.4. The standard InChI is InChI=1S/C19H20FN5O/c1-13-12-17-18(21-8-11-25(17)23-13)22-14-6-9-24(10-7-14)19(26)15-4-2-3-5-16(15)20/h2-5,8,11-12,14H,6-7,9-10H2,1H3,(H,21,22). The maximum absolute atomic E-state index is 13.8. The summed E-state index contributed by atoms with van der Waals surface area (Å²) in [4.78, 5) is 18.6. The number of amides is 1. The average molecular weight is 353 g/mol. The molecule has 3 aromatic rings. The summed E-state index contributed by atoms with van der Waals surface area (Å²) in [6, 6.07) is 8.34. The van der Waals surface area contributed by atoms with E-state index in [1.165, 1.54) is 12.1 Å². The molecule has 0 spiro atoms. The second kappa shape index (κ2) is 6.74. The van der Waals surface area contributed by atoms with Gasteiger partial charge in [0.05, 0.1) is 11.3 Å². The molecule has 1 aliphatic heterocycles. The molecule has 0 aliphatic carbocycles. The molecule has 0 bridgehead atoms. The van der Waals surface area contributed by atoms with E-state index in [1.807, 2.05) is 23.7 Å². The van der Waals surface area contributed by atoms with Crippen molar-refractivity contribution in [2.75, 3.05) is 18.4 Å². The SMILES string of the molecule is Cc1cc2c(NC3CCN(C(=O)c4ccccc4F)CC3)nccn2n1. The van der Waals surface area contributed by atoms with Crippen LogP contribution in [-0.2, 0) is 0 Å². The van der Waals surface area contributed by atoms with Crippen molar-refractivity contribution in [3.8, 4) is 0 Å². The predicted octanol–water partition coefficient (Wildman–Crippen LogP) is 2.89. The molecule has 0 saturated carbocycles. The van der Waals surface area contributed by atoms with Gasteiger partial charge in [0.25, 0.3) is 5.91 Å². The lowest BCUT2D eigenvalue weighted by molar-refractivity contribution is 0.0713. The van der Waals surface area contributed by atoms with Gasteiger partial charge >= 0.3 is 0 Å². The van der Waals surface area contributed by atoms with Crippen molar-refractivity contribution < 1.29 is 9.18 Å². The van der Waals surface area contributed by atoms with Gasteiger partial charge in [0.2, 0.25) is 0 Å². The first-order valence-corrected chi connectivity index (χ1v) is 8.73. The zero-order chi connectivity index (χ0) is 18.1. The minimum Gasteiger partial charge on any atom is -0.365 e. The Morgan fingerprint density at radius 2 is 2.04 bits per heavy atom. The average Bonchev–Trinajstić information content (AvgIpc) is 3.04. The molecule has 1 amide bonds. The van der Waals surface area contributed by atoms with Crippen LogP contribution in [0, 0.1) is 12.7 Å². The van der Waals surface area contributed by atoms with Gasteiger partial charge in [-0.25, -0.2) is 13.9 Å². The van der Waals surface area contributed by atoms with Crippen molar-refractivity contribution in [1.29, 1.82) is 0 Å². The highest BCUT2D eigenvalue weighted by molar-refractivity contribution is 5.94. The molecule has 1 aromatic carbocycles. The third-order valence-corrected chi connectivity index (χ3v) is 4.74. The summed E-state index contributed by atoms with van der Waals surface area (Å²) in [7, 11) is 0. The van der Waals surface area contributed by atoms with E-state index in [4.69, 9.17) is 0 Å². The lowest BCUT2D eigenvalue weighted by atomic mass is 10.0. The highest BCUT2D eigenvalue weighted by Crippen LogP contribution is 2.21. The number of hydrogen-bond acceptors (Lipinski definition) is 4. The molecular formula is C19H20FN5O. The van der Waals surface area contributed by atoms with E-state index in [0.717, 1.165) is 29.9 Å². The number of nitrogens with zero attached hydrogens (tertiary/aromatic N) is 4. The van der Waals surface area contributed by atoms with Crippen LogP contribution in [0.3, 0.4) is 0 Å². The van der Waals surface area contributed by atoms with Crippen LogP contribution >= 0.6 is 0 Å². The maximum Gasteiger partial charge on any atom is 0.256 e. The largest absolute Gasteiger partial charge is 0.365 e. The van der Waals surface area contributed by atoms with E-state index in [9.17, 15) is 9.18 Å². The second-order valence-corrected chi connectivity index (χ2v) is 6.58. The smallest absolute Gasteiger partial charge is 0.256 e. The Morgan fingerprint density at radius 1 is 1.27 bits per heavy atom. The monoisotopic (exact) mass is 353 g/mol. The molecule has 1 saturated heterocycles. The van der Waals surface area contributed by atoms with E-state index in [1.54, 1.807) is 23.2 Å². The zero-order valence-electron chi connectivity index (χ0n) is 14.5. The minimum absolute atomic E-state index is 0.139. The summed E-state index contributed by atoms with van der Waals surface area (Å²) >= 11 is 0. The van der Waals surface area contributed by atoms with Gasteiger partial charge in [-0.3, -0.25) is 4.79 Å². The number of hydrogen-bond donors (Lipinski definition) is 1. The number of piperidine rings is 1. The van der Waals surface area contributed by atoms with Gasteiger partial charge in [0.1, 0.15) is 11.3 Å². The summed E-state index contributed by atoms with van der Waals surface area (Å²) in [6.07, 6.45) is 5.12. The number of halogens is 1. The number of rotatable bonds is 3. The Hall–Kier alpha value is -2.96. The Balaban J connectivity index is 1.42. The van der Waals surface area contributed by atoms with Crippen molar-refractivity contribution in [3.63, 3.8) is 0 Å². The zero-order valence-corrected chi connectivity index (χ0v) is 14.5. The second-order valence-electron chi connectivity index (χ2n) is 6.58. The Labute approximate surface area is 150 Å². The van der Waals surface area contributed by atoms with Gasteiger partial charge in [-0.05, 0) is 38.0 Å². The number of anilines is 1. The summed E-state index contributed by atoms with van der Waals surface area (Å²) < 4.78 is 15.6. The number of carbonyl (C=O) groups excluding carboxylic acids is 1. The fourth-order valence-electron chi connectivity index (χ4n) is 3.38. The lowest BCUT2D eigenvalue weighted by Gasteiger charge is -2.32. The highest BCUT2D eigenvalue weighted by Gasteiger charge is 2.25. The number of aryl methyl sites for hydroxylation is 1. The van der Waals surface area contributed by atoms with E-state index < -0.39 is 5.82 Å². The third-order valence-electron chi connectivity index (χ3n) is 4.74. The molecule has 6 nitrogen and oxygen atoms in total. The number of nitrogens with one attached hydrogen (secondary N) is 1. The predicted molar refractivity (Wildman–Crippen MR) is 96.7 cm³/mol. The molecule has 4 rings (SSSR count). The number of aromatic nitrogens is 3. The Kier molecular flexibility index (Phi) is 4.28. The van der Waals surface area contributed by atoms with Crippen LogP contribution in [0.2, 0.25) is 0 Å². The first-order chi connectivity index (χ1) is 12.6. The molecule has 1 aliphatic rings. The Morgan fingerprint density at radius 3 is 2.81 bits per heavy atom. The molecule has 0 radical (unpaired) electrons. The summed E-state index contributed by atoms with van der Waals surface area (Å²) in [5.74, 6) is 0.0879. The minimum atomic E-state index is -0.468. The molecule has 3 heterocycles. The van der Waals surface area contributed by atoms with Gasteiger partial charge in [-0.15, -0.1) is 0 Å². The van der Waals surface area contributed by atoms with Crippen molar-refractivity contribution in [2.24, 2.45) is 0 Å². The maximum atomic E-state index is 13.8. The van der Waals surface area contributed by atoms with Gasteiger partial charge in [-0.2, -0.15) is 5.10 Å². The van der Waals surface area contributed by atoms with Crippen molar-refractivity contribution in [2.45, 2.75) is 25.8 Å². The lowest BCUT2D eigenvalue weighted by Crippen LogP contribution is -2.42. The first-order valence-electron chi connectivity index (χ1n) is 8.73. The van der Waals surface area contributed by atoms with E-state index in [0.29, 0.717) is 13.1 Å². The fourth-order valence-corrected chi connectivity index (χ4v) is 3.38. The van der Waals surface area contributed by atoms with Crippen LogP contribution in [0.25, 0.3) is 5.52 Å². The molecular weight excluding hydrogens is 333 g/mol. The van der Waals surface area contributed by atoms with Crippen LogP contribution in [0.15, 0.2) is 42.7 Å². The van der Waals surface area contributed by atoms with Gasteiger partial charge in [0, 0.05) is 31.5 Å². The number of likely N-dealkylation sites (tertiary alicyclic amines) is 1. The molecule has 0 atom stereocenters. The van der Waals surface area contributed by atoms with E-state index in [-0.39, 0.29) is 17.5 Å². The molecule has 1 fully saturated rings. The van der Waals surface area contributed by atoms with Crippen molar-refractivity contribution >= 4 is 17.2 Å².